The monoisotopic (exact) mass is 523 g/mol. The standard InChI is InChI=1S/C27H29N3O6S/c1-26(2,16-31)37(34,35)27(11-12-27)17-36-22-6-4-5-20-13-21(25(33)30(3)23(20)22)24(32)29-15-19-9-7-18(14-28)8-10-19/h4-10,13,31H,11-12,15-17H2,1-3H3,(H,29,32). The van der Waals surface area contributed by atoms with Gasteiger partial charge in [0.15, 0.2) is 9.84 Å². The van der Waals surface area contributed by atoms with Crippen molar-refractivity contribution in [3.05, 3.63) is 75.6 Å². The van der Waals surface area contributed by atoms with Crippen LogP contribution in [0.25, 0.3) is 10.9 Å². The van der Waals surface area contributed by atoms with Gasteiger partial charge in [-0.15, -0.1) is 0 Å². The first-order valence-corrected chi connectivity index (χ1v) is 13.3. The van der Waals surface area contributed by atoms with E-state index in [1.807, 2.05) is 6.07 Å². The molecule has 2 N–H and O–H groups in total. The number of benzene rings is 2. The number of nitrogens with one attached hydrogen (secondary N) is 1. The van der Waals surface area contributed by atoms with E-state index in [-0.39, 0.29) is 18.7 Å². The molecule has 1 aliphatic rings. The lowest BCUT2D eigenvalue weighted by atomic mass is 10.1. The predicted molar refractivity (Wildman–Crippen MR) is 139 cm³/mol. The van der Waals surface area contributed by atoms with Crippen molar-refractivity contribution >= 4 is 26.6 Å². The maximum absolute atomic E-state index is 13.1. The minimum Gasteiger partial charge on any atom is -0.490 e. The van der Waals surface area contributed by atoms with E-state index in [1.54, 1.807) is 42.5 Å². The molecule has 1 saturated carbocycles. The van der Waals surface area contributed by atoms with Gasteiger partial charge in [0.25, 0.3) is 11.5 Å². The van der Waals surface area contributed by atoms with Crippen LogP contribution in [-0.2, 0) is 23.4 Å². The molecule has 0 unspecified atom stereocenters. The SMILES string of the molecule is Cn1c(=O)c(C(=O)NCc2ccc(C#N)cc2)cc2cccc(OCC3(S(=O)(=O)C(C)(C)CO)CC3)c21. The number of hydrogen-bond acceptors (Lipinski definition) is 7. The number of aliphatic hydroxyl groups is 1. The first-order chi connectivity index (χ1) is 17.5. The highest BCUT2D eigenvalue weighted by molar-refractivity contribution is 7.94. The first kappa shape index (κ1) is 26.4. The molecule has 2 aromatic carbocycles. The molecule has 0 saturated heterocycles. The van der Waals surface area contributed by atoms with Gasteiger partial charge in [-0.25, -0.2) is 8.42 Å². The Labute approximate surface area is 215 Å². The number of ether oxygens (including phenoxy) is 1. The van der Waals surface area contributed by atoms with Crippen molar-refractivity contribution in [2.75, 3.05) is 13.2 Å². The van der Waals surface area contributed by atoms with Gasteiger partial charge in [-0.2, -0.15) is 5.26 Å². The Bertz CT molecular complexity index is 1560. The van der Waals surface area contributed by atoms with E-state index in [1.165, 1.54) is 31.5 Å². The maximum atomic E-state index is 13.1. The van der Waals surface area contributed by atoms with Gasteiger partial charge in [0.1, 0.15) is 22.7 Å². The number of aliphatic hydroxyl groups excluding tert-OH is 1. The number of nitriles is 1. The van der Waals surface area contributed by atoms with Crippen LogP contribution in [-0.4, -0.2) is 46.7 Å². The summed E-state index contributed by atoms with van der Waals surface area (Å²) >= 11 is 0. The average molecular weight is 524 g/mol. The van der Waals surface area contributed by atoms with Crippen LogP contribution in [0.2, 0.25) is 0 Å². The van der Waals surface area contributed by atoms with Crippen molar-refractivity contribution in [2.45, 2.75) is 42.7 Å². The van der Waals surface area contributed by atoms with Crippen molar-refractivity contribution in [3.63, 3.8) is 0 Å². The smallest absolute Gasteiger partial charge is 0.263 e. The van der Waals surface area contributed by atoms with Crippen LogP contribution < -0.4 is 15.6 Å². The number of nitrogens with zero attached hydrogens (tertiary/aromatic N) is 2. The Balaban J connectivity index is 1.58. The fraction of sp³-hybridized carbons (Fsp3) is 0.370. The summed E-state index contributed by atoms with van der Waals surface area (Å²) in [5.41, 5.74) is 1.20. The summed E-state index contributed by atoms with van der Waals surface area (Å²) in [6, 6.07) is 15.4. The zero-order valence-electron chi connectivity index (χ0n) is 20.9. The zero-order valence-corrected chi connectivity index (χ0v) is 21.8. The number of carbonyl (C=O) groups excluding carboxylic acids is 1. The van der Waals surface area contributed by atoms with E-state index in [2.05, 4.69) is 5.32 Å². The van der Waals surface area contributed by atoms with E-state index < -0.39 is 37.4 Å². The van der Waals surface area contributed by atoms with Crippen molar-refractivity contribution in [1.82, 2.24) is 9.88 Å². The summed E-state index contributed by atoms with van der Waals surface area (Å²) in [5, 5.41) is 21.8. The molecule has 10 heteroatoms. The molecule has 3 aromatic rings. The minimum atomic E-state index is -3.68. The summed E-state index contributed by atoms with van der Waals surface area (Å²) in [6.45, 7) is 2.60. The number of sulfone groups is 1. The van der Waals surface area contributed by atoms with Gasteiger partial charge in [0, 0.05) is 19.0 Å². The summed E-state index contributed by atoms with van der Waals surface area (Å²) < 4.78 is 31.2. The summed E-state index contributed by atoms with van der Waals surface area (Å²) in [4.78, 5) is 25.9. The van der Waals surface area contributed by atoms with Gasteiger partial charge >= 0.3 is 0 Å². The number of pyridine rings is 1. The quantitative estimate of drug-likeness (QED) is 0.439. The lowest BCUT2D eigenvalue weighted by molar-refractivity contribution is 0.0949. The fourth-order valence-corrected chi connectivity index (χ4v) is 6.47. The number of rotatable bonds is 9. The normalized spacial score (nSPS) is 14.7. The van der Waals surface area contributed by atoms with Crippen LogP contribution in [0.4, 0.5) is 0 Å². The molecule has 0 spiro atoms. The molecule has 1 amide bonds. The average Bonchev–Trinajstić information content (AvgIpc) is 3.70. The van der Waals surface area contributed by atoms with E-state index in [9.17, 15) is 23.1 Å². The number of hydrogen-bond donors (Lipinski definition) is 2. The molecular weight excluding hydrogens is 494 g/mol. The third-order valence-corrected chi connectivity index (χ3v) is 10.2. The second-order valence-electron chi connectivity index (χ2n) is 10.0. The number of fused-ring (bicyclic) bond motifs is 1. The summed E-state index contributed by atoms with van der Waals surface area (Å²) in [5.74, 6) is -0.197. The van der Waals surface area contributed by atoms with Gasteiger partial charge < -0.3 is 19.7 Å². The van der Waals surface area contributed by atoms with Crippen LogP contribution >= 0.6 is 0 Å². The maximum Gasteiger partial charge on any atom is 0.263 e. The lowest BCUT2D eigenvalue weighted by Crippen LogP contribution is -2.46. The van der Waals surface area contributed by atoms with Gasteiger partial charge in [-0.1, -0.05) is 24.3 Å². The number of aryl methyl sites for hydroxylation is 1. The van der Waals surface area contributed by atoms with Gasteiger partial charge in [0.05, 0.1) is 28.5 Å². The minimum absolute atomic E-state index is 0.0354. The second kappa shape index (κ2) is 9.65. The molecule has 0 bridgehead atoms. The molecule has 194 valence electrons. The Morgan fingerprint density at radius 2 is 1.89 bits per heavy atom. The Hall–Kier alpha value is -3.68. The van der Waals surface area contributed by atoms with Gasteiger partial charge in [-0.05, 0) is 56.5 Å². The van der Waals surface area contributed by atoms with Crippen molar-refractivity contribution in [3.8, 4) is 11.8 Å². The van der Waals surface area contributed by atoms with Gasteiger partial charge in [-0.3, -0.25) is 9.59 Å². The molecule has 4 rings (SSSR count). The molecule has 1 aliphatic carbocycles. The number of aromatic nitrogens is 1. The summed E-state index contributed by atoms with van der Waals surface area (Å²) in [7, 11) is -2.15. The molecule has 1 fully saturated rings. The molecule has 0 aliphatic heterocycles. The van der Waals surface area contributed by atoms with Crippen molar-refractivity contribution < 1.29 is 23.1 Å². The van der Waals surface area contributed by atoms with Crippen LogP contribution in [0.15, 0.2) is 53.3 Å². The van der Waals surface area contributed by atoms with Crippen molar-refractivity contribution in [2.24, 2.45) is 7.05 Å². The largest absolute Gasteiger partial charge is 0.490 e. The predicted octanol–water partition coefficient (Wildman–Crippen LogP) is 2.44. The highest BCUT2D eigenvalue weighted by atomic mass is 32.2. The number of para-hydroxylation sites is 1. The Morgan fingerprint density at radius 3 is 2.49 bits per heavy atom. The number of carbonyl (C=O) groups is 1. The second-order valence-corrected chi connectivity index (χ2v) is 13.0. The van der Waals surface area contributed by atoms with Crippen LogP contribution in [0, 0.1) is 11.3 Å². The third-order valence-electron chi connectivity index (χ3n) is 6.96. The topological polar surface area (TPSA) is 138 Å². The Kier molecular flexibility index (Phi) is 6.88. The van der Waals surface area contributed by atoms with Crippen LogP contribution in [0.1, 0.15) is 48.2 Å². The highest BCUT2D eigenvalue weighted by Gasteiger charge is 2.60. The van der Waals surface area contributed by atoms with Crippen LogP contribution in [0.3, 0.4) is 0 Å². The molecular formula is C27H29N3O6S. The van der Waals surface area contributed by atoms with Gasteiger partial charge in [0.2, 0.25) is 0 Å². The molecule has 37 heavy (non-hydrogen) atoms. The first-order valence-electron chi connectivity index (χ1n) is 11.8. The van der Waals surface area contributed by atoms with Crippen molar-refractivity contribution in [1.29, 1.82) is 5.26 Å². The fourth-order valence-electron chi connectivity index (χ4n) is 4.28. The highest BCUT2D eigenvalue weighted by Crippen LogP contribution is 2.48. The van der Waals surface area contributed by atoms with E-state index in [0.717, 1.165) is 5.56 Å². The molecule has 0 radical (unpaired) electrons. The third kappa shape index (κ3) is 4.72. The number of amides is 1. The van der Waals surface area contributed by atoms with E-state index in [0.29, 0.717) is 35.1 Å². The molecule has 1 aromatic heterocycles. The van der Waals surface area contributed by atoms with E-state index >= 15 is 0 Å². The Morgan fingerprint density at radius 1 is 1.22 bits per heavy atom. The van der Waals surface area contributed by atoms with E-state index in [4.69, 9.17) is 10.00 Å². The molecule has 1 heterocycles. The molecule has 9 nitrogen and oxygen atoms in total. The molecule has 0 atom stereocenters. The summed E-state index contributed by atoms with van der Waals surface area (Å²) in [6.07, 6.45) is 0.873. The zero-order chi connectivity index (χ0) is 27.0. The lowest BCUT2D eigenvalue weighted by Gasteiger charge is -2.28. The van der Waals surface area contributed by atoms with Crippen LogP contribution in [0.5, 0.6) is 5.75 Å².